The lowest BCUT2D eigenvalue weighted by molar-refractivity contribution is -0.140. The van der Waals surface area contributed by atoms with Gasteiger partial charge in [-0.05, 0) is 30.4 Å². The number of benzene rings is 1. The predicted molar refractivity (Wildman–Crippen MR) is 80.2 cm³/mol. The van der Waals surface area contributed by atoms with Gasteiger partial charge in [-0.2, -0.15) is 0 Å². The Hall–Kier alpha value is -1.84. The number of para-hydroxylation sites is 1. The number of carbonyl (C=O) groups excluding carboxylic acids is 1. The maximum atomic E-state index is 12.7. The van der Waals surface area contributed by atoms with E-state index in [0.717, 1.165) is 24.1 Å². The second kappa shape index (κ2) is 5.88. The summed E-state index contributed by atoms with van der Waals surface area (Å²) in [6.07, 6.45) is 6.74. The van der Waals surface area contributed by atoms with E-state index in [1.165, 1.54) is 24.2 Å². The first-order chi connectivity index (χ1) is 10.2. The molecule has 1 unspecified atom stereocenters. The van der Waals surface area contributed by atoms with Crippen LogP contribution >= 0.6 is 0 Å². The van der Waals surface area contributed by atoms with Gasteiger partial charge in [0.2, 0.25) is 5.91 Å². The second-order valence-electron chi connectivity index (χ2n) is 6.16. The Morgan fingerprint density at radius 2 is 1.86 bits per heavy atom. The van der Waals surface area contributed by atoms with Crippen LogP contribution in [0.25, 0.3) is 0 Å². The molecule has 4 nitrogen and oxygen atoms in total. The second-order valence-corrected chi connectivity index (χ2v) is 6.16. The van der Waals surface area contributed by atoms with Gasteiger partial charge in [0.15, 0.2) is 0 Å². The fraction of sp³-hybridized carbons (Fsp3) is 0.529. The Labute approximate surface area is 124 Å². The van der Waals surface area contributed by atoms with E-state index in [1.807, 2.05) is 24.3 Å². The summed E-state index contributed by atoms with van der Waals surface area (Å²) < 4.78 is 0. The molecule has 1 saturated carbocycles. The fourth-order valence-electron chi connectivity index (χ4n) is 3.63. The number of anilines is 1. The zero-order chi connectivity index (χ0) is 14.8. The van der Waals surface area contributed by atoms with Crippen molar-refractivity contribution in [3.8, 4) is 0 Å². The Bertz CT molecular complexity index is 549. The topological polar surface area (TPSA) is 57.6 Å². The highest BCUT2D eigenvalue weighted by molar-refractivity contribution is 6.01. The quantitative estimate of drug-likeness (QED) is 0.929. The molecule has 1 N–H and O–H groups in total. The number of rotatable bonds is 3. The van der Waals surface area contributed by atoms with Crippen molar-refractivity contribution in [2.24, 2.45) is 5.92 Å². The first-order valence-electron chi connectivity index (χ1n) is 7.79. The van der Waals surface area contributed by atoms with Crippen molar-refractivity contribution in [3.05, 3.63) is 29.8 Å². The Morgan fingerprint density at radius 3 is 2.57 bits per heavy atom. The van der Waals surface area contributed by atoms with Crippen LogP contribution in [0.1, 0.15) is 44.1 Å². The maximum absolute atomic E-state index is 12.7. The number of aliphatic carboxylic acids is 1. The van der Waals surface area contributed by atoms with E-state index in [1.54, 1.807) is 0 Å². The molecule has 112 valence electrons. The van der Waals surface area contributed by atoms with Crippen molar-refractivity contribution in [2.75, 3.05) is 4.90 Å². The molecule has 2 aliphatic rings. The van der Waals surface area contributed by atoms with E-state index < -0.39 is 12.0 Å². The van der Waals surface area contributed by atoms with Crippen LogP contribution in [0.3, 0.4) is 0 Å². The van der Waals surface area contributed by atoms with Crippen LogP contribution < -0.4 is 4.90 Å². The van der Waals surface area contributed by atoms with E-state index in [9.17, 15) is 14.7 Å². The summed E-state index contributed by atoms with van der Waals surface area (Å²) in [5.74, 6) is -0.518. The molecule has 0 saturated heterocycles. The van der Waals surface area contributed by atoms with Crippen molar-refractivity contribution in [1.82, 2.24) is 0 Å². The molecule has 1 fully saturated rings. The van der Waals surface area contributed by atoms with E-state index in [-0.39, 0.29) is 5.91 Å². The summed E-state index contributed by atoms with van der Waals surface area (Å²) >= 11 is 0. The van der Waals surface area contributed by atoms with Crippen LogP contribution in [-0.2, 0) is 16.0 Å². The van der Waals surface area contributed by atoms with Gasteiger partial charge < -0.3 is 5.11 Å². The molecule has 1 amide bonds. The summed E-state index contributed by atoms with van der Waals surface area (Å²) in [4.78, 5) is 25.7. The third-order valence-electron chi connectivity index (χ3n) is 4.72. The van der Waals surface area contributed by atoms with Gasteiger partial charge >= 0.3 is 5.97 Å². The first kappa shape index (κ1) is 14.1. The number of carbonyl (C=O) groups is 2. The average molecular weight is 287 g/mol. The molecular weight excluding hydrogens is 266 g/mol. The molecule has 1 aliphatic carbocycles. The fourth-order valence-corrected chi connectivity index (χ4v) is 3.63. The number of carboxylic acid groups (broad SMARTS) is 1. The number of hydrogen-bond donors (Lipinski definition) is 1. The number of hydrogen-bond acceptors (Lipinski definition) is 2. The van der Waals surface area contributed by atoms with Gasteiger partial charge in [-0.1, -0.05) is 37.5 Å². The third kappa shape index (κ3) is 2.80. The summed E-state index contributed by atoms with van der Waals surface area (Å²) in [7, 11) is 0. The molecule has 21 heavy (non-hydrogen) atoms. The van der Waals surface area contributed by atoms with E-state index in [4.69, 9.17) is 0 Å². The van der Waals surface area contributed by atoms with Crippen molar-refractivity contribution < 1.29 is 14.7 Å². The highest BCUT2D eigenvalue weighted by Crippen LogP contribution is 2.34. The Morgan fingerprint density at radius 1 is 1.14 bits per heavy atom. The molecule has 0 spiro atoms. The lowest BCUT2D eigenvalue weighted by Crippen LogP contribution is -2.43. The van der Waals surface area contributed by atoms with Gasteiger partial charge in [0.1, 0.15) is 6.04 Å². The molecule has 1 aliphatic heterocycles. The van der Waals surface area contributed by atoms with Crippen LogP contribution in [0.2, 0.25) is 0 Å². The zero-order valence-corrected chi connectivity index (χ0v) is 12.1. The van der Waals surface area contributed by atoms with Crippen LogP contribution in [0, 0.1) is 5.92 Å². The molecule has 4 heteroatoms. The number of carboxylic acids is 1. The number of nitrogens with zero attached hydrogens (tertiary/aromatic N) is 1. The average Bonchev–Trinajstić information content (AvgIpc) is 2.88. The van der Waals surface area contributed by atoms with Crippen molar-refractivity contribution >= 4 is 17.6 Å². The lowest BCUT2D eigenvalue weighted by atomic mass is 9.86. The van der Waals surface area contributed by atoms with Gasteiger partial charge in [0.25, 0.3) is 0 Å². The minimum Gasteiger partial charge on any atom is -0.480 e. The van der Waals surface area contributed by atoms with Crippen molar-refractivity contribution in [1.29, 1.82) is 0 Å². The lowest BCUT2D eigenvalue weighted by Gasteiger charge is -2.27. The Balaban J connectivity index is 1.80. The van der Waals surface area contributed by atoms with E-state index in [2.05, 4.69) is 0 Å². The SMILES string of the molecule is O=C(O)C1Cc2ccccc2N1C(=O)CC1CCCCC1. The highest BCUT2D eigenvalue weighted by atomic mass is 16.4. The van der Waals surface area contributed by atoms with Gasteiger partial charge in [0, 0.05) is 18.5 Å². The minimum absolute atomic E-state index is 0.0285. The van der Waals surface area contributed by atoms with Crippen LogP contribution in [0.5, 0.6) is 0 Å². The van der Waals surface area contributed by atoms with E-state index in [0.29, 0.717) is 18.8 Å². The largest absolute Gasteiger partial charge is 0.480 e. The third-order valence-corrected chi connectivity index (χ3v) is 4.72. The molecule has 1 aromatic rings. The van der Waals surface area contributed by atoms with Crippen molar-refractivity contribution in [2.45, 2.75) is 51.0 Å². The molecule has 1 heterocycles. The molecule has 0 radical (unpaired) electrons. The summed E-state index contributed by atoms with van der Waals surface area (Å²) in [5.41, 5.74) is 1.74. The zero-order valence-electron chi connectivity index (χ0n) is 12.1. The molecule has 1 atom stereocenters. The number of amides is 1. The van der Waals surface area contributed by atoms with Crippen LogP contribution in [0.4, 0.5) is 5.69 Å². The molecule has 1 aromatic carbocycles. The number of fused-ring (bicyclic) bond motifs is 1. The van der Waals surface area contributed by atoms with Gasteiger partial charge in [-0.25, -0.2) is 4.79 Å². The van der Waals surface area contributed by atoms with Crippen LogP contribution in [-0.4, -0.2) is 23.0 Å². The maximum Gasteiger partial charge on any atom is 0.327 e. The smallest absolute Gasteiger partial charge is 0.327 e. The minimum atomic E-state index is -0.914. The standard InChI is InChI=1S/C17H21NO3/c19-16(10-12-6-2-1-3-7-12)18-14-9-5-4-8-13(14)11-15(18)17(20)21/h4-5,8-9,12,15H,1-3,6-7,10-11H2,(H,20,21). The molecule has 3 rings (SSSR count). The first-order valence-corrected chi connectivity index (χ1v) is 7.79. The van der Waals surface area contributed by atoms with Gasteiger partial charge in [-0.3, -0.25) is 9.69 Å². The predicted octanol–water partition coefficient (Wildman–Crippen LogP) is 3.00. The van der Waals surface area contributed by atoms with Crippen LogP contribution in [0.15, 0.2) is 24.3 Å². The highest BCUT2D eigenvalue weighted by Gasteiger charge is 2.38. The Kier molecular flexibility index (Phi) is 3.95. The molecular formula is C17H21NO3. The molecule has 0 bridgehead atoms. The normalized spacial score (nSPS) is 22.1. The van der Waals surface area contributed by atoms with Gasteiger partial charge in [-0.15, -0.1) is 0 Å². The summed E-state index contributed by atoms with van der Waals surface area (Å²) in [5, 5.41) is 9.42. The van der Waals surface area contributed by atoms with E-state index >= 15 is 0 Å². The van der Waals surface area contributed by atoms with Gasteiger partial charge in [0.05, 0.1) is 0 Å². The van der Waals surface area contributed by atoms with Crippen molar-refractivity contribution in [3.63, 3.8) is 0 Å². The summed E-state index contributed by atoms with van der Waals surface area (Å²) in [6, 6.07) is 6.80. The monoisotopic (exact) mass is 287 g/mol. The molecule has 0 aromatic heterocycles. The summed E-state index contributed by atoms with van der Waals surface area (Å²) in [6.45, 7) is 0.